The number of piperidine rings is 1. The maximum absolute atomic E-state index is 10.3. The van der Waals surface area contributed by atoms with Gasteiger partial charge in [0.05, 0.1) is 12.1 Å². The second-order valence-electron chi connectivity index (χ2n) is 7.48. The maximum Gasteiger partial charge on any atom is 0.191 e. The smallest absolute Gasteiger partial charge is 0.191 e. The fourth-order valence-electron chi connectivity index (χ4n) is 3.64. The summed E-state index contributed by atoms with van der Waals surface area (Å²) in [4.78, 5) is 7.15. The molecule has 5 nitrogen and oxygen atoms in total. The van der Waals surface area contributed by atoms with E-state index in [9.17, 15) is 5.11 Å². The number of likely N-dealkylation sites (tertiary alicyclic amines) is 1. The van der Waals surface area contributed by atoms with Gasteiger partial charge in [0, 0.05) is 25.7 Å². The van der Waals surface area contributed by atoms with Gasteiger partial charge in [0.1, 0.15) is 0 Å². The van der Waals surface area contributed by atoms with Gasteiger partial charge in [-0.2, -0.15) is 0 Å². The first-order valence-corrected chi connectivity index (χ1v) is 9.70. The van der Waals surface area contributed by atoms with Gasteiger partial charge in [-0.1, -0.05) is 30.3 Å². The van der Waals surface area contributed by atoms with Gasteiger partial charge in [0.15, 0.2) is 5.96 Å². The van der Waals surface area contributed by atoms with Crippen molar-refractivity contribution in [1.82, 2.24) is 15.5 Å². The number of rotatable bonds is 6. The zero-order valence-electron chi connectivity index (χ0n) is 15.8. The Morgan fingerprint density at radius 1 is 1.27 bits per heavy atom. The Kier molecular flexibility index (Phi) is 8.63. The minimum Gasteiger partial charge on any atom is -0.388 e. The average molecular weight is 472 g/mol. The van der Waals surface area contributed by atoms with Crippen molar-refractivity contribution in [3.8, 4) is 0 Å². The summed E-state index contributed by atoms with van der Waals surface area (Å²) in [5.41, 5.74) is 0.810. The average Bonchev–Trinajstić information content (AvgIpc) is 2.59. The highest BCUT2D eigenvalue weighted by Crippen LogP contribution is 2.31. The lowest BCUT2D eigenvalue weighted by Gasteiger charge is -2.36. The predicted octanol–water partition coefficient (Wildman–Crippen LogP) is 2.74. The SMILES string of the molecule is CCNC(=NCC1(O)CCC1)NC1CCCN(Cc2ccccc2)C1.I. The van der Waals surface area contributed by atoms with Crippen LogP contribution < -0.4 is 10.6 Å². The van der Waals surface area contributed by atoms with Crippen molar-refractivity contribution in [2.75, 3.05) is 26.2 Å². The Morgan fingerprint density at radius 2 is 2.04 bits per heavy atom. The number of halogens is 1. The van der Waals surface area contributed by atoms with Crippen LogP contribution in [0, 0.1) is 0 Å². The van der Waals surface area contributed by atoms with E-state index < -0.39 is 5.60 Å². The second kappa shape index (κ2) is 10.5. The lowest BCUT2D eigenvalue weighted by atomic mass is 9.80. The highest BCUT2D eigenvalue weighted by atomic mass is 127. The molecule has 0 aromatic heterocycles. The van der Waals surface area contributed by atoms with Crippen LogP contribution in [0.15, 0.2) is 35.3 Å². The topological polar surface area (TPSA) is 59.9 Å². The molecular weight excluding hydrogens is 439 g/mol. The summed E-state index contributed by atoms with van der Waals surface area (Å²) in [5, 5.41) is 17.2. The largest absolute Gasteiger partial charge is 0.388 e. The minimum absolute atomic E-state index is 0. The van der Waals surface area contributed by atoms with E-state index in [-0.39, 0.29) is 24.0 Å². The van der Waals surface area contributed by atoms with Crippen molar-refractivity contribution < 1.29 is 5.11 Å². The molecule has 26 heavy (non-hydrogen) atoms. The third-order valence-electron chi connectivity index (χ3n) is 5.26. The number of hydrogen-bond acceptors (Lipinski definition) is 3. The molecule has 0 radical (unpaired) electrons. The summed E-state index contributed by atoms with van der Waals surface area (Å²) in [6, 6.07) is 11.1. The Balaban J connectivity index is 0.00000243. The van der Waals surface area contributed by atoms with Crippen LogP contribution >= 0.6 is 24.0 Å². The van der Waals surface area contributed by atoms with Crippen molar-refractivity contribution in [3.05, 3.63) is 35.9 Å². The Hall–Kier alpha value is -0.860. The van der Waals surface area contributed by atoms with Crippen LogP contribution in [0.4, 0.5) is 0 Å². The van der Waals surface area contributed by atoms with Gasteiger partial charge in [-0.3, -0.25) is 9.89 Å². The third-order valence-corrected chi connectivity index (χ3v) is 5.26. The van der Waals surface area contributed by atoms with E-state index in [1.807, 2.05) is 0 Å². The first-order valence-electron chi connectivity index (χ1n) is 9.70. The van der Waals surface area contributed by atoms with Gasteiger partial charge in [0.2, 0.25) is 0 Å². The molecule has 6 heteroatoms. The number of nitrogens with zero attached hydrogens (tertiary/aromatic N) is 2. The summed E-state index contributed by atoms with van der Waals surface area (Å²) in [5.74, 6) is 0.842. The Labute approximate surface area is 174 Å². The quantitative estimate of drug-likeness (QED) is 0.339. The molecule has 1 aromatic carbocycles. The number of hydrogen-bond donors (Lipinski definition) is 3. The van der Waals surface area contributed by atoms with Gasteiger partial charge < -0.3 is 15.7 Å². The highest BCUT2D eigenvalue weighted by Gasteiger charge is 2.34. The molecule has 1 unspecified atom stereocenters. The normalized spacial score (nSPS) is 22.8. The van der Waals surface area contributed by atoms with Crippen molar-refractivity contribution in [3.63, 3.8) is 0 Å². The van der Waals surface area contributed by atoms with Crippen molar-refractivity contribution in [2.24, 2.45) is 4.99 Å². The second-order valence-corrected chi connectivity index (χ2v) is 7.48. The van der Waals surface area contributed by atoms with Gasteiger partial charge in [-0.25, -0.2) is 0 Å². The van der Waals surface area contributed by atoms with Gasteiger partial charge in [-0.15, -0.1) is 24.0 Å². The van der Waals surface area contributed by atoms with E-state index in [0.717, 1.165) is 51.4 Å². The predicted molar refractivity (Wildman–Crippen MR) is 118 cm³/mol. The van der Waals surface area contributed by atoms with E-state index in [2.05, 4.69) is 57.8 Å². The monoisotopic (exact) mass is 472 g/mol. The number of aliphatic imine (C=N–C) groups is 1. The molecule has 3 rings (SSSR count). The zero-order chi connectivity index (χ0) is 17.5. The van der Waals surface area contributed by atoms with Crippen LogP contribution in [-0.2, 0) is 6.54 Å². The molecule has 0 bridgehead atoms. The fraction of sp³-hybridized carbons (Fsp3) is 0.650. The molecule has 1 aromatic rings. The molecule has 1 saturated heterocycles. The van der Waals surface area contributed by atoms with Crippen molar-refractivity contribution in [1.29, 1.82) is 0 Å². The number of benzene rings is 1. The summed E-state index contributed by atoms with van der Waals surface area (Å²) in [6.07, 6.45) is 5.25. The molecule has 1 atom stereocenters. The molecule has 1 aliphatic carbocycles. The zero-order valence-corrected chi connectivity index (χ0v) is 18.1. The molecule has 1 saturated carbocycles. The van der Waals surface area contributed by atoms with Gasteiger partial charge >= 0.3 is 0 Å². The molecule has 0 amide bonds. The van der Waals surface area contributed by atoms with Crippen LogP contribution in [0.1, 0.15) is 44.6 Å². The molecule has 0 spiro atoms. The maximum atomic E-state index is 10.3. The van der Waals surface area contributed by atoms with Crippen LogP contribution in [0.5, 0.6) is 0 Å². The van der Waals surface area contributed by atoms with E-state index in [1.54, 1.807) is 0 Å². The first kappa shape index (κ1) is 21.4. The van der Waals surface area contributed by atoms with Crippen LogP contribution in [-0.4, -0.2) is 53.8 Å². The summed E-state index contributed by atoms with van der Waals surface area (Å²) >= 11 is 0. The van der Waals surface area contributed by atoms with Crippen LogP contribution in [0.2, 0.25) is 0 Å². The van der Waals surface area contributed by atoms with Gasteiger partial charge in [-0.05, 0) is 51.1 Å². The van der Waals surface area contributed by atoms with Crippen LogP contribution in [0.25, 0.3) is 0 Å². The minimum atomic E-state index is -0.561. The van der Waals surface area contributed by atoms with E-state index in [1.165, 1.54) is 18.4 Å². The molecule has 1 heterocycles. The first-order chi connectivity index (χ1) is 12.2. The Bertz CT molecular complexity index is 562. The third kappa shape index (κ3) is 6.39. The van der Waals surface area contributed by atoms with Crippen molar-refractivity contribution in [2.45, 2.75) is 57.2 Å². The number of guanidine groups is 1. The molecule has 2 fully saturated rings. The summed E-state index contributed by atoms with van der Waals surface area (Å²) in [6.45, 7) is 6.61. The number of nitrogens with one attached hydrogen (secondary N) is 2. The molecule has 2 aliphatic rings. The lowest BCUT2D eigenvalue weighted by molar-refractivity contribution is -0.0236. The van der Waals surface area contributed by atoms with Gasteiger partial charge in [0.25, 0.3) is 0 Å². The molecular formula is C20H33IN4O. The summed E-state index contributed by atoms with van der Waals surface area (Å²) < 4.78 is 0. The molecule has 146 valence electrons. The van der Waals surface area contributed by atoms with Crippen LogP contribution in [0.3, 0.4) is 0 Å². The fourth-order valence-corrected chi connectivity index (χ4v) is 3.64. The Morgan fingerprint density at radius 3 is 2.69 bits per heavy atom. The number of aliphatic hydroxyl groups is 1. The molecule has 3 N–H and O–H groups in total. The summed E-state index contributed by atoms with van der Waals surface area (Å²) in [7, 11) is 0. The van der Waals surface area contributed by atoms with Crippen molar-refractivity contribution >= 4 is 29.9 Å². The molecule has 1 aliphatic heterocycles. The van der Waals surface area contributed by atoms with E-state index in [0.29, 0.717) is 12.6 Å². The highest BCUT2D eigenvalue weighted by molar-refractivity contribution is 14.0. The standard InChI is InChI=1S/C20H32N4O.HI/c1-2-21-19(22-16-20(25)11-7-12-20)23-18-10-6-13-24(15-18)14-17-8-4-3-5-9-17;/h3-5,8-9,18,25H,2,6-7,10-16H2,1H3,(H2,21,22,23);1H. The lowest BCUT2D eigenvalue weighted by Crippen LogP contribution is -2.51. The van der Waals surface area contributed by atoms with E-state index in [4.69, 9.17) is 0 Å². The van der Waals surface area contributed by atoms with E-state index >= 15 is 0 Å².